The van der Waals surface area contributed by atoms with Gasteiger partial charge < -0.3 is 15.5 Å². The average molecular weight is 378 g/mol. The Bertz CT molecular complexity index is 686. The Kier molecular flexibility index (Phi) is 6.63. The van der Waals surface area contributed by atoms with Gasteiger partial charge in [0, 0.05) is 20.1 Å². The van der Waals surface area contributed by atoms with Gasteiger partial charge in [0.2, 0.25) is 11.8 Å². The van der Waals surface area contributed by atoms with E-state index >= 15 is 0 Å². The van der Waals surface area contributed by atoms with E-state index < -0.39 is 11.5 Å². The van der Waals surface area contributed by atoms with E-state index in [1.807, 2.05) is 19.9 Å². The molecule has 1 heterocycles. The first-order chi connectivity index (χ1) is 12.7. The number of nitrogens with zero attached hydrogens (tertiary/aromatic N) is 2. The molecule has 0 unspecified atom stereocenters. The fourth-order valence-electron chi connectivity index (χ4n) is 4.55. The van der Waals surface area contributed by atoms with Crippen molar-refractivity contribution in [3.05, 3.63) is 35.6 Å². The van der Waals surface area contributed by atoms with Gasteiger partial charge in [0.1, 0.15) is 5.82 Å². The molecule has 27 heavy (non-hydrogen) atoms. The molecule has 1 aliphatic rings. The summed E-state index contributed by atoms with van der Waals surface area (Å²) in [5.74, 6) is -0.491. The molecule has 0 aromatic heterocycles. The summed E-state index contributed by atoms with van der Waals surface area (Å²) in [7, 11) is 3.50. The van der Waals surface area contributed by atoms with Crippen molar-refractivity contribution in [3.8, 4) is 0 Å². The summed E-state index contributed by atoms with van der Waals surface area (Å²) < 4.78 is 13.8. The molecule has 5 nitrogen and oxygen atoms in total. The highest BCUT2D eigenvalue weighted by Crippen LogP contribution is 2.47. The summed E-state index contributed by atoms with van der Waals surface area (Å²) in [5.41, 5.74) is 6.03. The van der Waals surface area contributed by atoms with Crippen LogP contribution in [-0.2, 0) is 9.59 Å². The average Bonchev–Trinajstić information content (AvgIpc) is 3.07. The molecule has 150 valence electrons. The van der Waals surface area contributed by atoms with Gasteiger partial charge in [-0.15, -0.1) is 0 Å². The lowest BCUT2D eigenvalue weighted by molar-refractivity contribution is -0.149. The molecule has 1 saturated heterocycles. The number of likely N-dealkylation sites (tertiary alicyclic amines) is 1. The first kappa shape index (κ1) is 21.4. The second-order valence-corrected chi connectivity index (χ2v) is 7.76. The van der Waals surface area contributed by atoms with E-state index in [1.165, 1.54) is 12.1 Å². The van der Waals surface area contributed by atoms with Gasteiger partial charge in [0.05, 0.1) is 17.5 Å². The maximum atomic E-state index is 13.8. The third-order valence-electron chi connectivity index (χ3n) is 5.99. The van der Waals surface area contributed by atoms with Crippen LogP contribution >= 0.6 is 0 Å². The topological polar surface area (TPSA) is 66.6 Å². The maximum Gasteiger partial charge on any atom is 0.239 e. The van der Waals surface area contributed by atoms with E-state index in [0.717, 1.165) is 5.56 Å². The van der Waals surface area contributed by atoms with Crippen LogP contribution < -0.4 is 5.73 Å². The number of nitrogens with two attached hydrogens (primary N) is 1. The monoisotopic (exact) mass is 377 g/mol. The van der Waals surface area contributed by atoms with Gasteiger partial charge in [0.25, 0.3) is 0 Å². The number of amides is 2. The Morgan fingerprint density at radius 1 is 1.30 bits per heavy atom. The van der Waals surface area contributed by atoms with Crippen LogP contribution in [0, 0.1) is 11.2 Å². The molecule has 1 aromatic carbocycles. The van der Waals surface area contributed by atoms with Crippen LogP contribution in [0.2, 0.25) is 0 Å². The smallest absolute Gasteiger partial charge is 0.239 e. The lowest BCUT2D eigenvalue weighted by Crippen LogP contribution is -2.56. The molecule has 0 spiro atoms. The predicted octanol–water partition coefficient (Wildman–Crippen LogP) is 3.10. The van der Waals surface area contributed by atoms with Gasteiger partial charge in [-0.05, 0) is 50.3 Å². The Labute approximate surface area is 161 Å². The van der Waals surface area contributed by atoms with E-state index in [0.29, 0.717) is 25.7 Å². The zero-order valence-electron chi connectivity index (χ0n) is 17.0. The number of hydrogen-bond acceptors (Lipinski definition) is 3. The van der Waals surface area contributed by atoms with Gasteiger partial charge in [0.15, 0.2) is 0 Å². The van der Waals surface area contributed by atoms with Crippen molar-refractivity contribution in [2.75, 3.05) is 14.1 Å². The highest BCUT2D eigenvalue weighted by molar-refractivity contribution is 5.86. The van der Waals surface area contributed by atoms with Crippen molar-refractivity contribution in [3.63, 3.8) is 0 Å². The number of carbonyl (C=O) groups is 2. The molecule has 0 radical (unpaired) electrons. The van der Waals surface area contributed by atoms with Crippen molar-refractivity contribution in [2.45, 2.75) is 64.6 Å². The SMILES string of the molecule is CCC(CC)(C(=O)N(C)C)[C@H]1CC[C@@H](c2cccc(F)c2)N1C(=O)[C@@H](C)N. The summed E-state index contributed by atoms with van der Waals surface area (Å²) in [5, 5.41) is 0. The van der Waals surface area contributed by atoms with Crippen molar-refractivity contribution in [2.24, 2.45) is 11.1 Å². The van der Waals surface area contributed by atoms with Gasteiger partial charge in [-0.1, -0.05) is 26.0 Å². The molecular weight excluding hydrogens is 345 g/mol. The fraction of sp³-hybridized carbons (Fsp3) is 0.619. The lowest BCUT2D eigenvalue weighted by Gasteiger charge is -2.44. The number of rotatable bonds is 6. The predicted molar refractivity (Wildman–Crippen MR) is 104 cm³/mol. The molecule has 2 rings (SSSR count). The summed E-state index contributed by atoms with van der Waals surface area (Å²) in [6.07, 6.45) is 2.64. The molecule has 3 atom stereocenters. The number of halogens is 1. The third kappa shape index (κ3) is 3.86. The molecule has 1 aliphatic heterocycles. The Morgan fingerprint density at radius 2 is 1.93 bits per heavy atom. The van der Waals surface area contributed by atoms with Gasteiger partial charge >= 0.3 is 0 Å². The summed E-state index contributed by atoms with van der Waals surface area (Å²) in [4.78, 5) is 29.6. The van der Waals surface area contributed by atoms with E-state index in [2.05, 4.69) is 0 Å². The van der Waals surface area contributed by atoms with Crippen LogP contribution in [0.25, 0.3) is 0 Å². The van der Waals surface area contributed by atoms with Crippen LogP contribution in [0.3, 0.4) is 0 Å². The Morgan fingerprint density at radius 3 is 2.41 bits per heavy atom. The second-order valence-electron chi connectivity index (χ2n) is 7.76. The van der Waals surface area contributed by atoms with Crippen molar-refractivity contribution in [1.29, 1.82) is 0 Å². The maximum absolute atomic E-state index is 13.8. The van der Waals surface area contributed by atoms with E-state index in [4.69, 9.17) is 5.73 Å². The van der Waals surface area contributed by atoms with Gasteiger partial charge in [-0.2, -0.15) is 0 Å². The van der Waals surface area contributed by atoms with Crippen LogP contribution in [0.4, 0.5) is 4.39 Å². The molecule has 1 fully saturated rings. The molecule has 1 aromatic rings. The number of hydrogen-bond donors (Lipinski definition) is 1. The van der Waals surface area contributed by atoms with Crippen LogP contribution in [-0.4, -0.2) is 47.8 Å². The van der Waals surface area contributed by atoms with Crippen LogP contribution in [0.15, 0.2) is 24.3 Å². The van der Waals surface area contributed by atoms with Crippen molar-refractivity contribution >= 4 is 11.8 Å². The Hall–Kier alpha value is -1.95. The normalized spacial score (nSPS) is 21.2. The first-order valence-electron chi connectivity index (χ1n) is 9.74. The summed E-state index contributed by atoms with van der Waals surface area (Å²) in [6.45, 7) is 5.65. The minimum atomic E-state index is -0.678. The minimum absolute atomic E-state index is 0.0277. The zero-order valence-corrected chi connectivity index (χ0v) is 17.0. The molecule has 2 amide bonds. The largest absolute Gasteiger partial charge is 0.348 e. The van der Waals surface area contributed by atoms with Crippen LogP contribution in [0.1, 0.15) is 58.1 Å². The first-order valence-corrected chi connectivity index (χ1v) is 9.74. The standard InChI is InChI=1S/C21H32FN3O2/c1-6-21(7-2,20(27)24(4)5)18-12-11-17(25(18)19(26)14(3)23)15-9-8-10-16(22)13-15/h8-10,13-14,17-18H,6-7,11-12,23H2,1-5H3/t14-,17+,18-/m1/s1. The molecule has 2 N–H and O–H groups in total. The molecule has 0 bridgehead atoms. The zero-order chi connectivity index (χ0) is 20.4. The minimum Gasteiger partial charge on any atom is -0.348 e. The molecule has 0 aliphatic carbocycles. The van der Waals surface area contributed by atoms with Gasteiger partial charge in [-0.3, -0.25) is 9.59 Å². The molecule has 0 saturated carbocycles. The highest BCUT2D eigenvalue weighted by atomic mass is 19.1. The number of benzene rings is 1. The Balaban J connectivity index is 2.54. The summed E-state index contributed by atoms with van der Waals surface area (Å²) in [6, 6.07) is 5.16. The summed E-state index contributed by atoms with van der Waals surface area (Å²) >= 11 is 0. The lowest BCUT2D eigenvalue weighted by atomic mass is 9.73. The van der Waals surface area contributed by atoms with Crippen molar-refractivity contribution in [1.82, 2.24) is 9.80 Å². The molecule has 6 heteroatoms. The van der Waals surface area contributed by atoms with Gasteiger partial charge in [-0.25, -0.2) is 4.39 Å². The molecular formula is C21H32FN3O2. The second kappa shape index (κ2) is 8.38. The number of carbonyl (C=O) groups excluding carboxylic acids is 2. The quantitative estimate of drug-likeness (QED) is 0.828. The van der Waals surface area contributed by atoms with Crippen LogP contribution in [0.5, 0.6) is 0 Å². The van der Waals surface area contributed by atoms with E-state index in [1.54, 1.807) is 36.9 Å². The van der Waals surface area contributed by atoms with E-state index in [-0.39, 0.29) is 29.7 Å². The van der Waals surface area contributed by atoms with Crippen molar-refractivity contribution < 1.29 is 14.0 Å². The highest BCUT2D eigenvalue weighted by Gasteiger charge is 2.52. The third-order valence-corrected chi connectivity index (χ3v) is 5.99. The fourth-order valence-corrected chi connectivity index (χ4v) is 4.55. The van der Waals surface area contributed by atoms with E-state index in [9.17, 15) is 14.0 Å².